The van der Waals surface area contributed by atoms with Crippen LogP contribution in [0.3, 0.4) is 0 Å². The maximum atomic E-state index is 10.4. The standard InChI is InChI=1S/C20H43N.C6H10O2/c1-4-5-6-7-8-9-10-11-12-13-14-15-16-17-18-19-20-21(2)3;1-4-8-6(7)5(2)3/h4-20H2,1-3H3;2,4H2,1,3H3. The monoisotopic (exact) mass is 411 g/mol. The molecule has 0 atom stereocenters. The molecule has 0 unspecified atom stereocenters. The van der Waals surface area contributed by atoms with Crippen molar-refractivity contribution < 1.29 is 9.53 Å². The molecular formula is C26H53NO2. The van der Waals surface area contributed by atoms with Gasteiger partial charge in [-0.1, -0.05) is 110 Å². The number of esters is 1. The van der Waals surface area contributed by atoms with Crippen molar-refractivity contribution in [2.45, 2.75) is 124 Å². The van der Waals surface area contributed by atoms with Gasteiger partial charge in [-0.15, -0.1) is 0 Å². The summed E-state index contributed by atoms with van der Waals surface area (Å²) in [5.74, 6) is -0.312. The molecule has 0 radical (unpaired) electrons. The van der Waals surface area contributed by atoms with Crippen molar-refractivity contribution in [1.29, 1.82) is 0 Å². The highest BCUT2D eigenvalue weighted by molar-refractivity contribution is 5.86. The van der Waals surface area contributed by atoms with Crippen molar-refractivity contribution in [2.75, 3.05) is 27.2 Å². The van der Waals surface area contributed by atoms with Gasteiger partial charge in [-0.05, 0) is 40.9 Å². The molecule has 0 saturated carbocycles. The lowest BCUT2D eigenvalue weighted by Gasteiger charge is -2.08. The molecule has 0 saturated heterocycles. The van der Waals surface area contributed by atoms with E-state index in [1.54, 1.807) is 13.8 Å². The fourth-order valence-corrected chi connectivity index (χ4v) is 3.23. The van der Waals surface area contributed by atoms with Gasteiger partial charge >= 0.3 is 5.97 Å². The summed E-state index contributed by atoms with van der Waals surface area (Å²) in [7, 11) is 4.34. The maximum Gasteiger partial charge on any atom is 0.333 e. The van der Waals surface area contributed by atoms with E-state index >= 15 is 0 Å². The van der Waals surface area contributed by atoms with Crippen LogP contribution in [0.2, 0.25) is 0 Å². The van der Waals surface area contributed by atoms with Gasteiger partial charge < -0.3 is 9.64 Å². The Kier molecular flexibility index (Phi) is 26.4. The van der Waals surface area contributed by atoms with Crippen LogP contribution >= 0.6 is 0 Å². The number of unbranched alkanes of at least 4 members (excludes halogenated alkanes) is 15. The second kappa shape index (κ2) is 25.2. The molecule has 0 aromatic carbocycles. The zero-order chi connectivity index (χ0) is 22.2. The highest BCUT2D eigenvalue weighted by Crippen LogP contribution is 2.13. The molecule has 0 bridgehead atoms. The predicted octanol–water partition coefficient (Wildman–Crippen LogP) is 7.94. The Bertz CT molecular complexity index is 353. The Morgan fingerprint density at radius 2 is 1.03 bits per heavy atom. The first kappa shape index (κ1) is 30.4. The SMILES string of the molecule is C=C(C)C(=O)OCC.CCCCCCCCCCCCCCCCCCN(C)C. The number of hydrogen-bond donors (Lipinski definition) is 0. The molecule has 0 heterocycles. The summed E-state index contributed by atoms with van der Waals surface area (Å²) >= 11 is 0. The van der Waals surface area contributed by atoms with Crippen LogP contribution in [0.5, 0.6) is 0 Å². The fourth-order valence-electron chi connectivity index (χ4n) is 3.23. The topological polar surface area (TPSA) is 29.5 Å². The molecule has 0 aliphatic carbocycles. The molecule has 29 heavy (non-hydrogen) atoms. The smallest absolute Gasteiger partial charge is 0.333 e. The molecule has 3 nitrogen and oxygen atoms in total. The second-order valence-electron chi connectivity index (χ2n) is 8.61. The van der Waals surface area contributed by atoms with E-state index in [0.717, 1.165) is 0 Å². The van der Waals surface area contributed by atoms with Crippen LogP contribution in [0.1, 0.15) is 124 Å². The molecule has 174 valence electrons. The number of carbonyl (C=O) groups is 1. The van der Waals surface area contributed by atoms with Crippen molar-refractivity contribution in [3.05, 3.63) is 12.2 Å². The summed E-state index contributed by atoms with van der Waals surface area (Å²) in [6.07, 6.45) is 23.3. The fraction of sp³-hybridized carbons (Fsp3) is 0.885. The molecule has 0 amide bonds. The van der Waals surface area contributed by atoms with Crippen LogP contribution in [-0.2, 0) is 9.53 Å². The molecule has 0 aromatic rings. The van der Waals surface area contributed by atoms with E-state index < -0.39 is 0 Å². The summed E-state index contributed by atoms with van der Waals surface area (Å²) in [5.41, 5.74) is 0.451. The third-order valence-electron chi connectivity index (χ3n) is 5.08. The summed E-state index contributed by atoms with van der Waals surface area (Å²) in [4.78, 5) is 12.7. The molecule has 0 spiro atoms. The summed E-state index contributed by atoms with van der Waals surface area (Å²) in [6.45, 7) is 10.8. The van der Waals surface area contributed by atoms with E-state index in [4.69, 9.17) is 0 Å². The second-order valence-corrected chi connectivity index (χ2v) is 8.61. The quantitative estimate of drug-likeness (QED) is 0.123. The molecule has 0 aliphatic rings. The Balaban J connectivity index is 0. The van der Waals surface area contributed by atoms with E-state index in [2.05, 4.69) is 37.2 Å². The first-order valence-electron chi connectivity index (χ1n) is 12.4. The Hall–Kier alpha value is -0.830. The van der Waals surface area contributed by atoms with E-state index in [0.29, 0.717) is 12.2 Å². The molecule has 0 rings (SSSR count). The van der Waals surface area contributed by atoms with Crippen molar-refractivity contribution in [3.63, 3.8) is 0 Å². The van der Waals surface area contributed by atoms with Gasteiger partial charge in [-0.25, -0.2) is 4.79 Å². The first-order chi connectivity index (χ1) is 14.0. The van der Waals surface area contributed by atoms with E-state index in [-0.39, 0.29) is 5.97 Å². The van der Waals surface area contributed by atoms with Gasteiger partial charge in [0.1, 0.15) is 0 Å². The minimum Gasteiger partial charge on any atom is -0.463 e. The van der Waals surface area contributed by atoms with Crippen LogP contribution < -0.4 is 0 Å². The van der Waals surface area contributed by atoms with Crippen LogP contribution in [0.25, 0.3) is 0 Å². The maximum absolute atomic E-state index is 10.4. The van der Waals surface area contributed by atoms with Crippen LogP contribution in [-0.4, -0.2) is 38.1 Å². The van der Waals surface area contributed by atoms with Crippen LogP contribution in [0, 0.1) is 0 Å². The third kappa shape index (κ3) is 29.5. The van der Waals surface area contributed by atoms with Crippen molar-refractivity contribution in [2.24, 2.45) is 0 Å². The van der Waals surface area contributed by atoms with Gasteiger partial charge in [-0.2, -0.15) is 0 Å². The Morgan fingerprint density at radius 1 is 0.690 bits per heavy atom. The van der Waals surface area contributed by atoms with Crippen molar-refractivity contribution >= 4 is 5.97 Å². The van der Waals surface area contributed by atoms with Gasteiger partial charge in [0.2, 0.25) is 0 Å². The Morgan fingerprint density at radius 3 is 1.28 bits per heavy atom. The highest BCUT2D eigenvalue weighted by Gasteiger charge is 1.98. The lowest BCUT2D eigenvalue weighted by Crippen LogP contribution is -2.12. The van der Waals surface area contributed by atoms with Gasteiger partial charge in [0.25, 0.3) is 0 Å². The molecule has 0 N–H and O–H groups in total. The lowest BCUT2D eigenvalue weighted by molar-refractivity contribution is -0.138. The summed E-state index contributed by atoms with van der Waals surface area (Å²) < 4.78 is 4.56. The predicted molar refractivity (Wildman–Crippen MR) is 130 cm³/mol. The van der Waals surface area contributed by atoms with E-state index in [1.807, 2.05) is 0 Å². The van der Waals surface area contributed by atoms with Crippen molar-refractivity contribution in [3.8, 4) is 0 Å². The average Bonchev–Trinajstić information content (AvgIpc) is 2.68. The minimum atomic E-state index is -0.312. The summed E-state index contributed by atoms with van der Waals surface area (Å²) in [5, 5.41) is 0. The van der Waals surface area contributed by atoms with Gasteiger partial charge in [0.15, 0.2) is 0 Å². The lowest BCUT2D eigenvalue weighted by atomic mass is 10.0. The number of carbonyl (C=O) groups excluding carboxylic acids is 1. The molecular weight excluding hydrogens is 358 g/mol. The van der Waals surface area contributed by atoms with Gasteiger partial charge in [0.05, 0.1) is 6.61 Å². The molecule has 0 aromatic heterocycles. The minimum absolute atomic E-state index is 0.312. The molecule has 3 heteroatoms. The zero-order valence-electron chi connectivity index (χ0n) is 20.7. The van der Waals surface area contributed by atoms with Crippen molar-refractivity contribution in [1.82, 2.24) is 4.90 Å². The number of ether oxygens (including phenoxy) is 1. The largest absolute Gasteiger partial charge is 0.463 e. The Labute approximate surface area is 183 Å². The average molecular weight is 412 g/mol. The number of nitrogens with zero attached hydrogens (tertiary/aromatic N) is 1. The zero-order valence-corrected chi connectivity index (χ0v) is 20.7. The van der Waals surface area contributed by atoms with Crippen LogP contribution in [0.15, 0.2) is 12.2 Å². The van der Waals surface area contributed by atoms with Crippen LogP contribution in [0.4, 0.5) is 0 Å². The molecule has 0 aliphatic heterocycles. The first-order valence-corrected chi connectivity index (χ1v) is 12.4. The van der Waals surface area contributed by atoms with E-state index in [1.165, 1.54) is 109 Å². The normalized spacial score (nSPS) is 10.6. The number of hydrogen-bond acceptors (Lipinski definition) is 3. The summed E-state index contributed by atoms with van der Waals surface area (Å²) in [6, 6.07) is 0. The third-order valence-corrected chi connectivity index (χ3v) is 5.08. The molecule has 0 fully saturated rings. The van der Waals surface area contributed by atoms with E-state index in [9.17, 15) is 4.79 Å². The van der Waals surface area contributed by atoms with Gasteiger partial charge in [0, 0.05) is 5.57 Å². The highest BCUT2D eigenvalue weighted by atomic mass is 16.5. The number of rotatable bonds is 19. The van der Waals surface area contributed by atoms with Gasteiger partial charge in [-0.3, -0.25) is 0 Å².